The Bertz CT molecular complexity index is 624. The quantitative estimate of drug-likeness (QED) is 0.720. The highest BCUT2D eigenvalue weighted by molar-refractivity contribution is 9.11. The van der Waals surface area contributed by atoms with Gasteiger partial charge >= 0.3 is 6.18 Å². The van der Waals surface area contributed by atoms with E-state index >= 15 is 0 Å². The fraction of sp³-hybridized carbons (Fsp3) is 0.286. The normalized spacial score (nSPS) is 13.4. The van der Waals surface area contributed by atoms with Gasteiger partial charge in [0.15, 0.2) is 0 Å². The molecule has 1 atom stereocenters. The maximum Gasteiger partial charge on any atom is 0.419 e. The van der Waals surface area contributed by atoms with E-state index in [1.807, 2.05) is 12.1 Å². The van der Waals surface area contributed by atoms with E-state index in [4.69, 9.17) is 0 Å². The molecule has 1 aromatic carbocycles. The van der Waals surface area contributed by atoms with Crippen LogP contribution in [0.2, 0.25) is 0 Å². The highest BCUT2D eigenvalue weighted by Crippen LogP contribution is 2.34. The molecule has 1 nitrogen and oxygen atoms in total. The first kappa shape index (κ1) is 16.5. The topological polar surface area (TPSA) is 12.0 Å². The molecule has 0 bridgehead atoms. The van der Waals surface area contributed by atoms with Gasteiger partial charge in [0, 0.05) is 17.3 Å². The van der Waals surface area contributed by atoms with E-state index in [0.29, 0.717) is 12.0 Å². The standard InChI is InChI=1S/C14H12BrF4NS/c1-20-12(7-9-3-5-13(15)21-9)8-2-4-11(16)10(6-8)14(17,18)19/h2-6,12,20H,7H2,1H3. The molecule has 0 radical (unpaired) electrons. The predicted molar refractivity (Wildman–Crippen MR) is 78.9 cm³/mol. The number of halogens is 5. The lowest BCUT2D eigenvalue weighted by atomic mass is 10.00. The van der Waals surface area contributed by atoms with Gasteiger partial charge in [-0.3, -0.25) is 0 Å². The first-order chi connectivity index (χ1) is 9.81. The van der Waals surface area contributed by atoms with Crippen molar-refractivity contribution in [2.24, 2.45) is 0 Å². The summed E-state index contributed by atoms with van der Waals surface area (Å²) in [5.74, 6) is -1.25. The molecule has 0 fully saturated rings. The predicted octanol–water partition coefficient (Wildman–Crippen LogP) is 5.17. The molecule has 7 heteroatoms. The van der Waals surface area contributed by atoms with Crippen LogP contribution in [0, 0.1) is 5.82 Å². The minimum Gasteiger partial charge on any atom is -0.313 e. The van der Waals surface area contributed by atoms with E-state index in [9.17, 15) is 17.6 Å². The van der Waals surface area contributed by atoms with Crippen LogP contribution in [0.25, 0.3) is 0 Å². The SMILES string of the molecule is CNC(Cc1ccc(Br)s1)c1ccc(F)c(C(F)(F)F)c1. The van der Waals surface area contributed by atoms with Crippen molar-refractivity contribution >= 4 is 27.3 Å². The lowest BCUT2D eigenvalue weighted by Crippen LogP contribution is -2.19. The monoisotopic (exact) mass is 381 g/mol. The van der Waals surface area contributed by atoms with E-state index < -0.39 is 17.6 Å². The van der Waals surface area contributed by atoms with Gasteiger partial charge in [-0.2, -0.15) is 13.2 Å². The molecule has 1 N–H and O–H groups in total. The van der Waals surface area contributed by atoms with Gasteiger partial charge in [0.25, 0.3) is 0 Å². The van der Waals surface area contributed by atoms with Gasteiger partial charge in [0.1, 0.15) is 5.82 Å². The van der Waals surface area contributed by atoms with Crippen LogP contribution in [-0.2, 0) is 12.6 Å². The van der Waals surface area contributed by atoms with Crippen molar-refractivity contribution in [1.29, 1.82) is 0 Å². The van der Waals surface area contributed by atoms with Crippen molar-refractivity contribution in [3.63, 3.8) is 0 Å². The molecule has 0 spiro atoms. The molecular formula is C14H12BrF4NS. The molecule has 2 rings (SSSR count). The molecule has 0 amide bonds. The van der Waals surface area contributed by atoms with Gasteiger partial charge in [-0.25, -0.2) is 4.39 Å². The summed E-state index contributed by atoms with van der Waals surface area (Å²) < 4.78 is 52.6. The van der Waals surface area contributed by atoms with Crippen LogP contribution in [0.1, 0.15) is 22.0 Å². The lowest BCUT2D eigenvalue weighted by Gasteiger charge is -2.18. The average molecular weight is 382 g/mol. The van der Waals surface area contributed by atoms with Gasteiger partial charge in [-0.15, -0.1) is 11.3 Å². The summed E-state index contributed by atoms with van der Waals surface area (Å²) in [6.07, 6.45) is -4.15. The Labute approximate surface area is 132 Å². The van der Waals surface area contributed by atoms with Gasteiger partial charge in [-0.1, -0.05) is 6.07 Å². The molecule has 1 heterocycles. The summed E-state index contributed by atoms with van der Waals surface area (Å²) in [4.78, 5) is 1.03. The molecule has 1 aromatic heterocycles. The lowest BCUT2D eigenvalue weighted by molar-refractivity contribution is -0.140. The summed E-state index contributed by atoms with van der Waals surface area (Å²) in [7, 11) is 1.67. The molecule has 2 aromatic rings. The van der Waals surface area contributed by atoms with Crippen molar-refractivity contribution < 1.29 is 17.6 Å². The highest BCUT2D eigenvalue weighted by atomic mass is 79.9. The molecule has 1 unspecified atom stereocenters. The molecule has 0 aliphatic carbocycles. The maximum atomic E-state index is 13.3. The van der Waals surface area contributed by atoms with Crippen LogP contribution in [0.3, 0.4) is 0 Å². The first-order valence-corrected chi connectivity index (χ1v) is 7.70. The second-order valence-electron chi connectivity index (χ2n) is 4.49. The third-order valence-electron chi connectivity index (χ3n) is 3.08. The maximum absolute atomic E-state index is 13.3. The zero-order valence-corrected chi connectivity index (χ0v) is 13.4. The molecular weight excluding hydrogens is 370 g/mol. The fourth-order valence-corrected chi connectivity index (χ4v) is 3.55. The van der Waals surface area contributed by atoms with Crippen LogP contribution < -0.4 is 5.32 Å². The summed E-state index contributed by atoms with van der Waals surface area (Å²) in [5, 5.41) is 2.98. The molecule has 0 saturated heterocycles. The fourth-order valence-electron chi connectivity index (χ4n) is 2.03. The Morgan fingerprint density at radius 3 is 2.48 bits per heavy atom. The minimum atomic E-state index is -4.69. The van der Waals surface area contributed by atoms with E-state index in [1.165, 1.54) is 17.4 Å². The summed E-state index contributed by atoms with van der Waals surface area (Å²) in [5.41, 5.74) is -0.816. The number of thiophene rings is 1. The molecule has 0 aliphatic heterocycles. The number of likely N-dealkylation sites (N-methyl/N-ethyl adjacent to an activating group) is 1. The Morgan fingerprint density at radius 2 is 1.95 bits per heavy atom. The van der Waals surface area contributed by atoms with Crippen molar-refractivity contribution in [3.05, 3.63) is 55.9 Å². The zero-order valence-electron chi connectivity index (χ0n) is 11.0. The smallest absolute Gasteiger partial charge is 0.313 e. The van der Waals surface area contributed by atoms with Crippen LogP contribution in [0.5, 0.6) is 0 Å². The van der Waals surface area contributed by atoms with Crippen LogP contribution in [0.15, 0.2) is 34.1 Å². The Kier molecular flexibility index (Phi) is 5.06. The number of rotatable bonds is 4. The number of alkyl halides is 3. The van der Waals surface area contributed by atoms with E-state index in [-0.39, 0.29) is 6.04 Å². The van der Waals surface area contributed by atoms with Gasteiger partial charge in [0.05, 0.1) is 9.35 Å². The summed E-state index contributed by atoms with van der Waals surface area (Å²) >= 11 is 4.87. The van der Waals surface area contributed by atoms with Gasteiger partial charge < -0.3 is 5.32 Å². The number of hydrogen-bond acceptors (Lipinski definition) is 2. The van der Waals surface area contributed by atoms with Crippen molar-refractivity contribution in [2.45, 2.75) is 18.6 Å². The zero-order chi connectivity index (χ0) is 15.6. The van der Waals surface area contributed by atoms with E-state index in [1.54, 1.807) is 7.05 Å². The second-order valence-corrected chi connectivity index (χ2v) is 7.04. The van der Waals surface area contributed by atoms with Crippen molar-refractivity contribution in [1.82, 2.24) is 5.32 Å². The minimum absolute atomic E-state index is 0.308. The number of nitrogens with one attached hydrogen (secondary N) is 1. The summed E-state index contributed by atoms with van der Waals surface area (Å²) in [6, 6.07) is 6.61. The second kappa shape index (κ2) is 6.46. The first-order valence-electron chi connectivity index (χ1n) is 6.09. The number of hydrogen-bond donors (Lipinski definition) is 1. The van der Waals surface area contributed by atoms with Crippen molar-refractivity contribution in [2.75, 3.05) is 7.05 Å². The third-order valence-corrected chi connectivity index (χ3v) is 4.73. The van der Waals surface area contributed by atoms with Crippen molar-refractivity contribution in [3.8, 4) is 0 Å². The average Bonchev–Trinajstić information content (AvgIpc) is 2.81. The molecule has 0 aliphatic rings. The molecule has 114 valence electrons. The number of benzene rings is 1. The Hall–Kier alpha value is -0.920. The highest BCUT2D eigenvalue weighted by Gasteiger charge is 2.34. The summed E-state index contributed by atoms with van der Waals surface area (Å²) in [6.45, 7) is 0. The Morgan fingerprint density at radius 1 is 1.24 bits per heavy atom. The largest absolute Gasteiger partial charge is 0.419 e. The van der Waals surface area contributed by atoms with E-state index in [0.717, 1.165) is 20.8 Å². The molecule has 21 heavy (non-hydrogen) atoms. The molecule has 0 saturated carbocycles. The van der Waals surface area contributed by atoms with E-state index in [2.05, 4.69) is 21.2 Å². The van der Waals surface area contributed by atoms with Crippen LogP contribution in [0.4, 0.5) is 17.6 Å². The van der Waals surface area contributed by atoms with Crippen LogP contribution in [-0.4, -0.2) is 7.05 Å². The van der Waals surface area contributed by atoms with Gasteiger partial charge in [-0.05, 0) is 52.8 Å². The Balaban J connectivity index is 2.30. The third kappa shape index (κ3) is 4.05. The van der Waals surface area contributed by atoms with Gasteiger partial charge in [0.2, 0.25) is 0 Å². The van der Waals surface area contributed by atoms with Crippen LogP contribution >= 0.6 is 27.3 Å².